The van der Waals surface area contributed by atoms with Gasteiger partial charge in [0.1, 0.15) is 13.2 Å². The summed E-state index contributed by atoms with van der Waals surface area (Å²) in [6.07, 6.45) is 29.7. The summed E-state index contributed by atoms with van der Waals surface area (Å²) >= 11 is 0. The van der Waals surface area contributed by atoms with E-state index in [2.05, 4.69) is 34.6 Å². The highest BCUT2D eigenvalue weighted by molar-refractivity contribution is 5.71. The summed E-state index contributed by atoms with van der Waals surface area (Å²) in [4.78, 5) is 37.3. The SMILES string of the molecule is CCCCCCCC(=O)OC[C@H](COC(=O)CCCCCCCCCCCCC(C)CC)OC(=O)CCCCCCCCC(C)CC. The molecule has 0 radical (unpaired) electrons. The van der Waals surface area contributed by atoms with Crippen LogP contribution < -0.4 is 0 Å². The molecule has 2 unspecified atom stereocenters. The zero-order valence-corrected chi connectivity index (χ0v) is 31.9. The summed E-state index contributed by atoms with van der Waals surface area (Å²) in [5, 5.41) is 0. The Kier molecular flexibility index (Phi) is 33.1. The number of unbranched alkanes of at least 4 members (excludes halogenated alkanes) is 18. The van der Waals surface area contributed by atoms with Gasteiger partial charge in [-0.05, 0) is 31.1 Å². The molecule has 0 rings (SSSR count). The Bertz CT molecular complexity index is 723. The van der Waals surface area contributed by atoms with Crippen molar-refractivity contribution < 1.29 is 28.6 Å². The van der Waals surface area contributed by atoms with Gasteiger partial charge in [-0.25, -0.2) is 0 Å². The fraction of sp³-hybridized carbons (Fsp3) is 0.927. The van der Waals surface area contributed by atoms with Gasteiger partial charge in [-0.1, -0.05) is 176 Å². The quantitative estimate of drug-likeness (QED) is 0.0380. The van der Waals surface area contributed by atoms with Gasteiger partial charge in [-0.3, -0.25) is 14.4 Å². The maximum Gasteiger partial charge on any atom is 0.306 e. The Balaban J connectivity index is 4.25. The smallest absolute Gasteiger partial charge is 0.306 e. The van der Waals surface area contributed by atoms with Crippen molar-refractivity contribution in [2.45, 2.75) is 221 Å². The van der Waals surface area contributed by atoms with E-state index in [0.717, 1.165) is 76.0 Å². The lowest BCUT2D eigenvalue weighted by atomic mass is 9.99. The molecule has 6 nitrogen and oxygen atoms in total. The van der Waals surface area contributed by atoms with Crippen molar-refractivity contribution in [3.63, 3.8) is 0 Å². The lowest BCUT2D eigenvalue weighted by Gasteiger charge is -2.18. The van der Waals surface area contributed by atoms with Gasteiger partial charge in [0.25, 0.3) is 0 Å². The molecule has 0 aromatic heterocycles. The number of ether oxygens (including phenoxy) is 3. The van der Waals surface area contributed by atoms with E-state index in [-0.39, 0.29) is 31.1 Å². The molecule has 0 bridgehead atoms. The standard InChI is InChI=1S/C41H78O6/c1-6-9-10-19-26-31-39(42)45-34-38(47-41(44)33-28-23-18-17-21-25-30-37(5)8-3)35-46-40(43)32-27-22-16-14-12-11-13-15-20-24-29-36(4)7-2/h36-38H,6-35H2,1-5H3/t36?,37?,38-/m1/s1. The second-order valence-electron chi connectivity index (χ2n) is 14.4. The molecular formula is C41H78O6. The highest BCUT2D eigenvalue weighted by Crippen LogP contribution is 2.17. The van der Waals surface area contributed by atoms with Crippen LogP contribution in [0.5, 0.6) is 0 Å². The molecular weight excluding hydrogens is 588 g/mol. The van der Waals surface area contributed by atoms with E-state index in [4.69, 9.17) is 14.2 Å². The van der Waals surface area contributed by atoms with Crippen molar-refractivity contribution in [1.29, 1.82) is 0 Å². The maximum absolute atomic E-state index is 12.6. The third-order valence-corrected chi connectivity index (χ3v) is 9.69. The predicted molar refractivity (Wildman–Crippen MR) is 196 cm³/mol. The summed E-state index contributed by atoms with van der Waals surface area (Å²) < 4.78 is 16.5. The predicted octanol–water partition coefficient (Wildman–Crippen LogP) is 12.2. The van der Waals surface area contributed by atoms with E-state index in [1.807, 2.05) is 0 Å². The first-order valence-electron chi connectivity index (χ1n) is 20.3. The molecule has 0 N–H and O–H groups in total. The van der Waals surface area contributed by atoms with Crippen molar-refractivity contribution in [1.82, 2.24) is 0 Å². The molecule has 3 atom stereocenters. The lowest BCUT2D eigenvalue weighted by Crippen LogP contribution is -2.30. The van der Waals surface area contributed by atoms with Crippen molar-refractivity contribution in [3.8, 4) is 0 Å². The van der Waals surface area contributed by atoms with Crippen LogP contribution in [-0.2, 0) is 28.6 Å². The molecule has 278 valence electrons. The number of carbonyl (C=O) groups is 3. The average Bonchev–Trinajstić information content (AvgIpc) is 3.07. The van der Waals surface area contributed by atoms with Gasteiger partial charge in [0.05, 0.1) is 0 Å². The Morgan fingerprint density at radius 1 is 0.426 bits per heavy atom. The summed E-state index contributed by atoms with van der Waals surface area (Å²) in [7, 11) is 0. The lowest BCUT2D eigenvalue weighted by molar-refractivity contribution is -0.167. The van der Waals surface area contributed by atoms with E-state index in [9.17, 15) is 14.4 Å². The number of hydrogen-bond acceptors (Lipinski definition) is 6. The summed E-state index contributed by atoms with van der Waals surface area (Å²) in [6.45, 7) is 11.2. The summed E-state index contributed by atoms with van der Waals surface area (Å²) in [6, 6.07) is 0. The Labute approximate surface area is 291 Å². The molecule has 0 spiro atoms. The zero-order valence-electron chi connectivity index (χ0n) is 31.9. The van der Waals surface area contributed by atoms with Crippen LogP contribution in [0.15, 0.2) is 0 Å². The Hall–Kier alpha value is -1.59. The monoisotopic (exact) mass is 667 g/mol. The minimum absolute atomic E-state index is 0.0676. The fourth-order valence-electron chi connectivity index (χ4n) is 5.80. The van der Waals surface area contributed by atoms with Crippen LogP contribution in [0.4, 0.5) is 0 Å². The van der Waals surface area contributed by atoms with Crippen LogP contribution in [0.1, 0.15) is 214 Å². The third kappa shape index (κ3) is 32.7. The molecule has 0 heterocycles. The summed E-state index contributed by atoms with van der Waals surface area (Å²) in [5.74, 6) is 0.798. The van der Waals surface area contributed by atoms with E-state index < -0.39 is 6.10 Å². The molecule has 0 saturated carbocycles. The first-order valence-corrected chi connectivity index (χ1v) is 20.3. The van der Waals surface area contributed by atoms with Gasteiger partial charge in [0.15, 0.2) is 6.10 Å². The number of carbonyl (C=O) groups excluding carboxylic acids is 3. The Morgan fingerprint density at radius 3 is 1.11 bits per heavy atom. The van der Waals surface area contributed by atoms with E-state index in [1.165, 1.54) is 96.3 Å². The maximum atomic E-state index is 12.6. The van der Waals surface area contributed by atoms with E-state index >= 15 is 0 Å². The molecule has 0 aromatic rings. The van der Waals surface area contributed by atoms with Crippen molar-refractivity contribution in [2.24, 2.45) is 11.8 Å². The fourth-order valence-corrected chi connectivity index (χ4v) is 5.80. The zero-order chi connectivity index (χ0) is 34.8. The normalized spacial score (nSPS) is 13.2. The van der Waals surface area contributed by atoms with Crippen LogP contribution in [0, 0.1) is 11.8 Å². The largest absolute Gasteiger partial charge is 0.462 e. The third-order valence-electron chi connectivity index (χ3n) is 9.69. The molecule has 0 aliphatic carbocycles. The molecule has 6 heteroatoms. The van der Waals surface area contributed by atoms with Crippen LogP contribution in [0.2, 0.25) is 0 Å². The molecule has 0 saturated heterocycles. The van der Waals surface area contributed by atoms with Gasteiger partial charge in [-0.2, -0.15) is 0 Å². The molecule has 47 heavy (non-hydrogen) atoms. The summed E-state index contributed by atoms with van der Waals surface area (Å²) in [5.41, 5.74) is 0. The van der Waals surface area contributed by atoms with Gasteiger partial charge in [-0.15, -0.1) is 0 Å². The number of esters is 3. The van der Waals surface area contributed by atoms with E-state index in [0.29, 0.717) is 19.3 Å². The molecule has 0 aromatic carbocycles. The first kappa shape index (κ1) is 45.4. The first-order chi connectivity index (χ1) is 22.8. The number of hydrogen-bond donors (Lipinski definition) is 0. The topological polar surface area (TPSA) is 78.9 Å². The Morgan fingerprint density at radius 2 is 0.745 bits per heavy atom. The van der Waals surface area contributed by atoms with Crippen molar-refractivity contribution >= 4 is 17.9 Å². The molecule has 0 aliphatic heterocycles. The van der Waals surface area contributed by atoms with Gasteiger partial charge >= 0.3 is 17.9 Å². The van der Waals surface area contributed by atoms with Crippen LogP contribution in [0.25, 0.3) is 0 Å². The van der Waals surface area contributed by atoms with Crippen molar-refractivity contribution in [2.75, 3.05) is 13.2 Å². The highest BCUT2D eigenvalue weighted by atomic mass is 16.6. The van der Waals surface area contributed by atoms with Gasteiger partial charge < -0.3 is 14.2 Å². The van der Waals surface area contributed by atoms with Gasteiger partial charge in [0, 0.05) is 19.3 Å². The average molecular weight is 667 g/mol. The van der Waals surface area contributed by atoms with Crippen molar-refractivity contribution in [3.05, 3.63) is 0 Å². The van der Waals surface area contributed by atoms with Crippen LogP contribution >= 0.6 is 0 Å². The molecule has 0 amide bonds. The van der Waals surface area contributed by atoms with Crippen LogP contribution in [-0.4, -0.2) is 37.2 Å². The van der Waals surface area contributed by atoms with Crippen LogP contribution in [0.3, 0.4) is 0 Å². The second kappa shape index (κ2) is 34.3. The minimum Gasteiger partial charge on any atom is -0.462 e. The van der Waals surface area contributed by atoms with Gasteiger partial charge in [0.2, 0.25) is 0 Å². The second-order valence-corrected chi connectivity index (χ2v) is 14.4. The minimum atomic E-state index is -0.758. The van der Waals surface area contributed by atoms with E-state index in [1.54, 1.807) is 0 Å². The number of rotatable bonds is 35. The highest BCUT2D eigenvalue weighted by Gasteiger charge is 2.19. The molecule has 0 fully saturated rings. The molecule has 0 aliphatic rings.